The maximum Gasteiger partial charge on any atom is 0.259 e. The van der Waals surface area contributed by atoms with Crippen LogP contribution in [-0.2, 0) is 0 Å². The molecule has 0 unspecified atom stereocenters. The summed E-state index contributed by atoms with van der Waals surface area (Å²) in [5, 5.41) is 8.16. The molecular weight excluding hydrogens is 360 g/mol. The minimum absolute atomic E-state index is 0.242. The molecule has 0 aliphatic heterocycles. The number of pyridine rings is 1. The Balaban J connectivity index is 1.77. The van der Waals surface area contributed by atoms with E-state index in [0.717, 1.165) is 11.3 Å². The number of benzene rings is 2. The fraction of sp³-hybridized carbons (Fsp3) is 0. The Bertz CT molecular complexity index is 1060. The molecule has 2 aromatic heterocycles. The van der Waals surface area contributed by atoms with Crippen LogP contribution in [0.5, 0.6) is 0 Å². The highest BCUT2D eigenvalue weighted by molar-refractivity contribution is 6.30. The van der Waals surface area contributed by atoms with Crippen LogP contribution in [0.15, 0.2) is 85.3 Å². The first-order chi connectivity index (χ1) is 13.2. The highest BCUT2D eigenvalue weighted by Gasteiger charge is 2.19. The predicted molar refractivity (Wildman–Crippen MR) is 106 cm³/mol. The summed E-state index contributed by atoms with van der Waals surface area (Å²) in [6.07, 6.45) is 4.99. The van der Waals surface area contributed by atoms with Crippen LogP contribution in [0.3, 0.4) is 0 Å². The molecule has 2 aromatic carbocycles. The summed E-state index contributed by atoms with van der Waals surface area (Å²) < 4.78 is 1.70. The fourth-order valence-electron chi connectivity index (χ4n) is 2.71. The first-order valence-electron chi connectivity index (χ1n) is 8.33. The van der Waals surface area contributed by atoms with Crippen molar-refractivity contribution in [3.8, 4) is 16.9 Å². The van der Waals surface area contributed by atoms with E-state index in [9.17, 15) is 4.79 Å². The number of rotatable bonds is 4. The molecule has 5 nitrogen and oxygen atoms in total. The van der Waals surface area contributed by atoms with Crippen LogP contribution in [0.4, 0.5) is 5.69 Å². The molecule has 0 spiro atoms. The van der Waals surface area contributed by atoms with E-state index < -0.39 is 0 Å². The Hall–Kier alpha value is -3.44. The number of hydrogen-bond donors (Lipinski definition) is 1. The summed E-state index contributed by atoms with van der Waals surface area (Å²) in [7, 11) is 0. The van der Waals surface area contributed by atoms with E-state index in [-0.39, 0.29) is 5.91 Å². The average Bonchev–Trinajstić information content (AvgIpc) is 3.16. The van der Waals surface area contributed by atoms with Crippen molar-refractivity contribution in [1.82, 2.24) is 14.8 Å². The number of anilines is 1. The Labute approximate surface area is 161 Å². The van der Waals surface area contributed by atoms with Gasteiger partial charge < -0.3 is 5.32 Å². The number of amides is 1. The van der Waals surface area contributed by atoms with E-state index in [1.54, 1.807) is 47.5 Å². The number of nitrogens with one attached hydrogen (secondary N) is 1. The molecule has 27 heavy (non-hydrogen) atoms. The van der Waals surface area contributed by atoms with Crippen LogP contribution < -0.4 is 5.32 Å². The summed E-state index contributed by atoms with van der Waals surface area (Å²) >= 11 is 6.00. The van der Waals surface area contributed by atoms with Crippen molar-refractivity contribution in [2.45, 2.75) is 0 Å². The normalized spacial score (nSPS) is 10.6. The number of nitrogens with zero attached hydrogens (tertiary/aromatic N) is 3. The molecule has 6 heteroatoms. The molecule has 4 aromatic rings. The number of aromatic nitrogens is 3. The van der Waals surface area contributed by atoms with Gasteiger partial charge in [0.2, 0.25) is 0 Å². The fourth-order valence-corrected chi connectivity index (χ4v) is 2.83. The predicted octanol–water partition coefficient (Wildman–Crippen LogP) is 4.84. The average molecular weight is 375 g/mol. The van der Waals surface area contributed by atoms with Crippen LogP contribution in [0.1, 0.15) is 10.4 Å². The lowest BCUT2D eigenvalue weighted by atomic mass is 10.1. The molecule has 0 bridgehead atoms. The maximum absolute atomic E-state index is 12.9. The number of halogens is 1. The van der Waals surface area contributed by atoms with Crippen LogP contribution in [0, 0.1) is 0 Å². The van der Waals surface area contributed by atoms with Crippen LogP contribution in [0.25, 0.3) is 16.9 Å². The molecular formula is C21H15ClN4O. The van der Waals surface area contributed by atoms with Gasteiger partial charge in [-0.25, -0.2) is 4.68 Å². The molecule has 132 valence electrons. The van der Waals surface area contributed by atoms with Crippen molar-refractivity contribution < 1.29 is 4.79 Å². The van der Waals surface area contributed by atoms with Crippen molar-refractivity contribution in [2.24, 2.45) is 0 Å². The van der Waals surface area contributed by atoms with Gasteiger partial charge in [0.25, 0.3) is 5.91 Å². The van der Waals surface area contributed by atoms with E-state index in [0.29, 0.717) is 22.0 Å². The molecule has 0 aliphatic rings. The number of carbonyl (C=O) groups is 1. The Morgan fingerprint density at radius 2 is 1.63 bits per heavy atom. The zero-order valence-corrected chi connectivity index (χ0v) is 15.0. The first-order valence-corrected chi connectivity index (χ1v) is 8.71. The van der Waals surface area contributed by atoms with E-state index in [1.165, 1.54) is 0 Å². The second-order valence-electron chi connectivity index (χ2n) is 5.87. The summed E-state index contributed by atoms with van der Waals surface area (Å²) in [6.45, 7) is 0. The lowest BCUT2D eigenvalue weighted by Crippen LogP contribution is -2.12. The SMILES string of the molecule is O=C(Nc1ccncc1)c1cn(-c2ccccc2)nc1-c1ccc(Cl)cc1. The topological polar surface area (TPSA) is 59.8 Å². The lowest BCUT2D eigenvalue weighted by Gasteiger charge is -2.05. The Kier molecular flexibility index (Phi) is 4.68. The zero-order valence-electron chi connectivity index (χ0n) is 14.2. The molecule has 0 fully saturated rings. The van der Waals surface area contributed by atoms with Gasteiger partial charge in [-0.2, -0.15) is 5.10 Å². The number of carbonyl (C=O) groups excluding carboxylic acids is 1. The van der Waals surface area contributed by atoms with E-state index in [2.05, 4.69) is 15.4 Å². The Morgan fingerprint density at radius 1 is 0.926 bits per heavy atom. The number of para-hydroxylation sites is 1. The lowest BCUT2D eigenvalue weighted by molar-refractivity contribution is 0.102. The quantitative estimate of drug-likeness (QED) is 0.556. The second-order valence-corrected chi connectivity index (χ2v) is 6.30. The van der Waals surface area contributed by atoms with Crippen molar-refractivity contribution in [1.29, 1.82) is 0 Å². The molecule has 1 amide bonds. The van der Waals surface area contributed by atoms with E-state index in [4.69, 9.17) is 11.6 Å². The van der Waals surface area contributed by atoms with Crippen molar-refractivity contribution in [3.63, 3.8) is 0 Å². The highest BCUT2D eigenvalue weighted by Crippen LogP contribution is 2.26. The highest BCUT2D eigenvalue weighted by atomic mass is 35.5. The molecule has 0 atom stereocenters. The van der Waals surface area contributed by atoms with Gasteiger partial charge in [-0.05, 0) is 36.4 Å². The third-order valence-electron chi connectivity index (χ3n) is 4.04. The zero-order chi connectivity index (χ0) is 18.6. The summed E-state index contributed by atoms with van der Waals surface area (Å²) in [5.41, 5.74) is 3.41. The van der Waals surface area contributed by atoms with E-state index in [1.807, 2.05) is 42.5 Å². The monoisotopic (exact) mass is 374 g/mol. The third kappa shape index (κ3) is 3.73. The minimum Gasteiger partial charge on any atom is -0.322 e. The third-order valence-corrected chi connectivity index (χ3v) is 4.29. The molecule has 0 saturated heterocycles. The van der Waals surface area contributed by atoms with Gasteiger partial charge in [-0.3, -0.25) is 9.78 Å². The smallest absolute Gasteiger partial charge is 0.259 e. The van der Waals surface area contributed by atoms with Gasteiger partial charge in [0.1, 0.15) is 5.69 Å². The van der Waals surface area contributed by atoms with Crippen LogP contribution >= 0.6 is 11.6 Å². The number of hydrogen-bond acceptors (Lipinski definition) is 3. The van der Waals surface area contributed by atoms with Gasteiger partial charge in [0.15, 0.2) is 0 Å². The molecule has 1 N–H and O–H groups in total. The van der Waals surface area contributed by atoms with E-state index >= 15 is 0 Å². The van der Waals surface area contributed by atoms with Crippen LogP contribution in [0.2, 0.25) is 5.02 Å². The standard InChI is InChI=1S/C21H15ClN4O/c22-16-8-6-15(7-9-16)20-19(21(27)24-17-10-12-23-13-11-17)14-26(25-20)18-4-2-1-3-5-18/h1-14H,(H,23,24,27). The second kappa shape index (κ2) is 7.43. The van der Waals surface area contributed by atoms with Gasteiger partial charge in [-0.15, -0.1) is 0 Å². The Morgan fingerprint density at radius 3 is 2.33 bits per heavy atom. The molecule has 2 heterocycles. The first kappa shape index (κ1) is 17.0. The molecule has 0 radical (unpaired) electrons. The van der Waals surface area contributed by atoms with Crippen LogP contribution in [-0.4, -0.2) is 20.7 Å². The molecule has 4 rings (SSSR count). The molecule has 0 aliphatic carbocycles. The van der Waals surface area contributed by atoms with Gasteiger partial charge in [-0.1, -0.05) is 41.9 Å². The minimum atomic E-state index is -0.242. The van der Waals surface area contributed by atoms with Crippen molar-refractivity contribution in [3.05, 3.63) is 95.9 Å². The van der Waals surface area contributed by atoms with Crippen molar-refractivity contribution >= 4 is 23.2 Å². The van der Waals surface area contributed by atoms with Gasteiger partial charge in [0.05, 0.1) is 11.3 Å². The van der Waals surface area contributed by atoms with Crippen molar-refractivity contribution in [2.75, 3.05) is 5.32 Å². The van der Waals surface area contributed by atoms with Gasteiger partial charge >= 0.3 is 0 Å². The summed E-state index contributed by atoms with van der Waals surface area (Å²) in [5.74, 6) is -0.242. The molecule has 0 saturated carbocycles. The largest absolute Gasteiger partial charge is 0.322 e. The van der Waals surface area contributed by atoms with Gasteiger partial charge in [0, 0.05) is 34.9 Å². The summed E-state index contributed by atoms with van der Waals surface area (Å²) in [4.78, 5) is 16.9. The maximum atomic E-state index is 12.9. The summed E-state index contributed by atoms with van der Waals surface area (Å²) in [6, 6.07) is 20.4.